The number of nitrogens with zero attached hydrogens (tertiary/aromatic N) is 5. The second-order valence-corrected chi connectivity index (χ2v) is 7.79. The number of hydrogen-bond donors (Lipinski definition) is 1. The van der Waals surface area contributed by atoms with Crippen LogP contribution >= 0.6 is 11.3 Å². The summed E-state index contributed by atoms with van der Waals surface area (Å²) in [5.74, 6) is 1.63. The van der Waals surface area contributed by atoms with E-state index in [1.807, 2.05) is 37.1 Å². The zero-order chi connectivity index (χ0) is 17.6. The first-order valence-electron chi connectivity index (χ1n) is 9.07. The molecule has 1 fully saturated rings. The molecule has 0 amide bonds. The summed E-state index contributed by atoms with van der Waals surface area (Å²) >= 11 is 1.81. The van der Waals surface area contributed by atoms with E-state index in [0.29, 0.717) is 12.0 Å². The minimum atomic E-state index is 0.445. The lowest BCUT2D eigenvalue weighted by Gasteiger charge is -2.39. The number of aliphatic imine (C=N–C) groups is 1. The molecule has 0 radical (unpaired) electrons. The molecule has 1 saturated heterocycles. The molecule has 2 atom stereocenters. The van der Waals surface area contributed by atoms with Crippen LogP contribution in [0, 0.1) is 5.92 Å². The van der Waals surface area contributed by atoms with E-state index in [1.54, 1.807) is 0 Å². The van der Waals surface area contributed by atoms with Crippen molar-refractivity contribution in [3.63, 3.8) is 0 Å². The Morgan fingerprint density at radius 3 is 3.04 bits per heavy atom. The van der Waals surface area contributed by atoms with Gasteiger partial charge >= 0.3 is 0 Å². The van der Waals surface area contributed by atoms with Crippen LogP contribution in [0.4, 0.5) is 0 Å². The predicted octanol–water partition coefficient (Wildman–Crippen LogP) is 2.60. The minimum absolute atomic E-state index is 0.445. The minimum Gasteiger partial charge on any atom is -0.356 e. The highest BCUT2D eigenvalue weighted by Gasteiger charge is 2.28. The number of imidazole rings is 1. The first-order chi connectivity index (χ1) is 12.2. The van der Waals surface area contributed by atoms with Gasteiger partial charge in [-0.05, 0) is 18.8 Å². The fraction of sp³-hybridized carbons (Fsp3) is 0.611. The van der Waals surface area contributed by atoms with Gasteiger partial charge in [0.05, 0.1) is 17.4 Å². The number of thiazole rings is 1. The molecule has 1 N–H and O–H groups in total. The highest BCUT2D eigenvalue weighted by Crippen LogP contribution is 2.27. The Hall–Kier alpha value is -1.89. The maximum atomic E-state index is 4.49. The molecular formula is C18H28N6S. The van der Waals surface area contributed by atoms with E-state index in [9.17, 15) is 0 Å². The molecule has 1 aliphatic rings. The number of piperidine rings is 1. The lowest BCUT2D eigenvalue weighted by Crippen LogP contribution is -2.49. The van der Waals surface area contributed by atoms with Crippen molar-refractivity contribution in [1.29, 1.82) is 0 Å². The zero-order valence-electron chi connectivity index (χ0n) is 15.4. The van der Waals surface area contributed by atoms with Crippen LogP contribution in [0.1, 0.15) is 36.2 Å². The molecule has 6 nitrogen and oxygen atoms in total. The summed E-state index contributed by atoms with van der Waals surface area (Å²) in [6.45, 7) is 7.38. The molecule has 0 aliphatic carbocycles. The van der Waals surface area contributed by atoms with Crippen molar-refractivity contribution in [3.8, 4) is 0 Å². The largest absolute Gasteiger partial charge is 0.356 e. The summed E-state index contributed by atoms with van der Waals surface area (Å²) in [4.78, 5) is 16.9. The summed E-state index contributed by atoms with van der Waals surface area (Å²) in [7, 11) is 1.87. The average Bonchev–Trinajstić information content (AvgIpc) is 3.31. The Morgan fingerprint density at radius 1 is 1.48 bits per heavy atom. The predicted molar refractivity (Wildman–Crippen MR) is 103 cm³/mol. The molecule has 3 heterocycles. The molecule has 0 saturated carbocycles. The molecule has 2 unspecified atom stereocenters. The van der Waals surface area contributed by atoms with Gasteiger partial charge in [-0.1, -0.05) is 13.8 Å². The number of likely N-dealkylation sites (tertiary alicyclic amines) is 1. The first-order valence-corrected chi connectivity index (χ1v) is 9.89. The van der Waals surface area contributed by atoms with E-state index in [0.717, 1.165) is 44.9 Å². The molecule has 2 aromatic heterocycles. The smallest absolute Gasteiger partial charge is 0.193 e. The maximum Gasteiger partial charge on any atom is 0.193 e. The van der Waals surface area contributed by atoms with Gasteiger partial charge in [-0.15, -0.1) is 11.3 Å². The Labute approximate surface area is 154 Å². The number of nitrogens with one attached hydrogen (secondary N) is 1. The molecule has 0 bridgehead atoms. The quantitative estimate of drug-likeness (QED) is 0.658. The normalized spacial score (nSPS) is 21.6. The summed E-state index contributed by atoms with van der Waals surface area (Å²) in [6, 6.07) is 0.445. The van der Waals surface area contributed by atoms with Gasteiger partial charge in [0.1, 0.15) is 0 Å². The topological polar surface area (TPSA) is 58.3 Å². The Morgan fingerprint density at radius 2 is 2.36 bits per heavy atom. The van der Waals surface area contributed by atoms with Crippen molar-refractivity contribution >= 4 is 17.3 Å². The van der Waals surface area contributed by atoms with E-state index in [-0.39, 0.29) is 0 Å². The third-order valence-corrected chi connectivity index (χ3v) is 6.11. The molecule has 25 heavy (non-hydrogen) atoms. The van der Waals surface area contributed by atoms with Crippen LogP contribution in [0.2, 0.25) is 0 Å². The monoisotopic (exact) mass is 360 g/mol. The number of aryl methyl sites for hydroxylation is 1. The van der Waals surface area contributed by atoms with Gasteiger partial charge in [0.2, 0.25) is 0 Å². The second-order valence-electron chi connectivity index (χ2n) is 6.59. The average molecular weight is 361 g/mol. The summed E-state index contributed by atoms with van der Waals surface area (Å²) in [5.41, 5.74) is 0. The lowest BCUT2D eigenvalue weighted by atomic mass is 9.93. The highest BCUT2D eigenvalue weighted by atomic mass is 32.1. The van der Waals surface area contributed by atoms with Crippen LogP contribution in [0.5, 0.6) is 0 Å². The molecule has 0 aromatic carbocycles. The van der Waals surface area contributed by atoms with Gasteiger partial charge in [0.15, 0.2) is 5.96 Å². The fourth-order valence-electron chi connectivity index (χ4n) is 3.34. The summed E-state index contributed by atoms with van der Waals surface area (Å²) in [6.07, 6.45) is 11.0. The summed E-state index contributed by atoms with van der Waals surface area (Å²) < 4.78 is 2.23. The van der Waals surface area contributed by atoms with Crippen molar-refractivity contribution in [1.82, 2.24) is 24.8 Å². The molecule has 0 spiro atoms. The molecule has 3 rings (SSSR count). The Balaban J connectivity index is 1.55. The van der Waals surface area contributed by atoms with Gasteiger partial charge in [-0.2, -0.15) is 0 Å². The highest BCUT2D eigenvalue weighted by molar-refractivity contribution is 7.11. The van der Waals surface area contributed by atoms with Gasteiger partial charge < -0.3 is 14.8 Å². The Kier molecular flexibility index (Phi) is 6.07. The van der Waals surface area contributed by atoms with Crippen molar-refractivity contribution in [3.05, 3.63) is 34.8 Å². The van der Waals surface area contributed by atoms with Crippen molar-refractivity contribution in [2.45, 2.75) is 39.2 Å². The maximum absolute atomic E-state index is 4.49. The Bertz CT molecular complexity index is 678. The van der Waals surface area contributed by atoms with Crippen LogP contribution in [0.3, 0.4) is 0 Å². The molecule has 2 aromatic rings. The van der Waals surface area contributed by atoms with Crippen LogP contribution in [0.25, 0.3) is 0 Å². The van der Waals surface area contributed by atoms with E-state index in [2.05, 4.69) is 49.8 Å². The van der Waals surface area contributed by atoms with Crippen LogP contribution < -0.4 is 5.32 Å². The van der Waals surface area contributed by atoms with E-state index in [4.69, 9.17) is 0 Å². The fourth-order valence-corrected chi connectivity index (χ4v) is 4.20. The zero-order valence-corrected chi connectivity index (χ0v) is 16.2. The molecule has 7 heteroatoms. The van der Waals surface area contributed by atoms with E-state index in [1.165, 1.54) is 9.88 Å². The van der Waals surface area contributed by atoms with Crippen molar-refractivity contribution in [2.75, 3.05) is 26.7 Å². The van der Waals surface area contributed by atoms with E-state index < -0.39 is 0 Å². The third-order valence-electron chi connectivity index (χ3n) is 4.91. The number of hydrogen-bond acceptors (Lipinski definition) is 4. The van der Waals surface area contributed by atoms with Crippen LogP contribution in [-0.2, 0) is 12.8 Å². The van der Waals surface area contributed by atoms with Crippen LogP contribution in [-0.4, -0.2) is 52.1 Å². The molecule has 1 aliphatic heterocycles. The van der Waals surface area contributed by atoms with Crippen molar-refractivity contribution in [2.24, 2.45) is 10.9 Å². The first kappa shape index (κ1) is 17.9. The van der Waals surface area contributed by atoms with E-state index >= 15 is 0 Å². The number of aromatic nitrogens is 3. The molecule has 136 valence electrons. The molecular weight excluding hydrogens is 332 g/mol. The van der Waals surface area contributed by atoms with Gasteiger partial charge in [0.25, 0.3) is 0 Å². The standard InChI is InChI=1S/C18H28N6S/c1-4-15-11-22-17(25-15)5-7-21-18(19-3)23-9-6-14(2)16(12-23)24-10-8-20-13-24/h8,10-11,13-14,16H,4-7,9,12H2,1-3H3,(H,19,21). The SMILES string of the molecule is CCc1cnc(CCNC(=NC)N2CCC(C)C(n3ccnc3)C2)s1. The number of rotatable bonds is 5. The van der Waals surface area contributed by atoms with Gasteiger partial charge in [0, 0.05) is 56.6 Å². The van der Waals surface area contributed by atoms with Crippen molar-refractivity contribution < 1.29 is 0 Å². The van der Waals surface area contributed by atoms with Gasteiger partial charge in [-0.25, -0.2) is 9.97 Å². The number of guanidine groups is 1. The second kappa shape index (κ2) is 8.47. The third kappa shape index (κ3) is 4.39. The van der Waals surface area contributed by atoms with Gasteiger partial charge in [-0.3, -0.25) is 4.99 Å². The lowest BCUT2D eigenvalue weighted by molar-refractivity contribution is 0.189. The summed E-state index contributed by atoms with van der Waals surface area (Å²) in [5, 5.41) is 4.71. The van der Waals surface area contributed by atoms with Crippen LogP contribution in [0.15, 0.2) is 29.9 Å².